The summed E-state index contributed by atoms with van der Waals surface area (Å²) in [6.07, 6.45) is 1.54. The number of benzene rings is 1. The Balaban J connectivity index is 1.78. The molecule has 0 saturated carbocycles. The van der Waals surface area contributed by atoms with E-state index < -0.39 is 0 Å². The Hall–Kier alpha value is -3.29. The van der Waals surface area contributed by atoms with Crippen LogP contribution in [-0.4, -0.2) is 39.8 Å². The fourth-order valence-corrected chi connectivity index (χ4v) is 2.92. The van der Waals surface area contributed by atoms with Crippen molar-refractivity contribution in [2.24, 2.45) is 0 Å². The molecule has 146 valence electrons. The van der Waals surface area contributed by atoms with Crippen LogP contribution in [-0.2, 0) is 6.54 Å². The zero-order valence-corrected chi connectivity index (χ0v) is 16.6. The lowest BCUT2D eigenvalue weighted by Crippen LogP contribution is -2.25. The maximum atomic E-state index is 13.2. The molecule has 1 aromatic carbocycles. The SMILES string of the molecule is Cc1nc(N(C)C)ncc1C(=O)NCc1c(C)nn(-c2ccc(F)cc2)c1C. The Bertz CT molecular complexity index is 1010. The Morgan fingerprint density at radius 3 is 2.43 bits per heavy atom. The number of hydrogen-bond donors (Lipinski definition) is 1. The number of nitrogens with one attached hydrogen (secondary N) is 1. The first-order valence-corrected chi connectivity index (χ1v) is 8.88. The molecule has 3 aromatic rings. The second-order valence-corrected chi connectivity index (χ2v) is 6.78. The van der Waals surface area contributed by atoms with Crippen LogP contribution >= 0.6 is 0 Å². The van der Waals surface area contributed by atoms with E-state index in [4.69, 9.17) is 0 Å². The molecule has 28 heavy (non-hydrogen) atoms. The highest BCUT2D eigenvalue weighted by atomic mass is 19.1. The van der Waals surface area contributed by atoms with Gasteiger partial charge in [-0.1, -0.05) is 0 Å². The minimum Gasteiger partial charge on any atom is -0.348 e. The van der Waals surface area contributed by atoms with Gasteiger partial charge in [-0.2, -0.15) is 5.10 Å². The fourth-order valence-electron chi connectivity index (χ4n) is 2.92. The molecule has 2 aromatic heterocycles. The quantitative estimate of drug-likeness (QED) is 0.734. The number of carbonyl (C=O) groups is 1. The fraction of sp³-hybridized carbons (Fsp3) is 0.300. The van der Waals surface area contributed by atoms with E-state index in [9.17, 15) is 9.18 Å². The van der Waals surface area contributed by atoms with Crippen LogP contribution in [0.3, 0.4) is 0 Å². The van der Waals surface area contributed by atoms with Crippen LogP contribution in [0.1, 0.15) is 33.0 Å². The monoisotopic (exact) mass is 382 g/mol. The predicted octanol–water partition coefficient (Wildman–Crippen LogP) is 2.72. The van der Waals surface area contributed by atoms with E-state index in [1.54, 1.807) is 28.6 Å². The standard InChI is InChI=1S/C20H23FN6O/c1-12-18(11-23-20(24-12)26(4)5)19(28)22-10-17-13(2)25-27(14(17)3)16-8-6-15(21)7-9-16/h6-9,11H,10H2,1-5H3,(H,22,28). The van der Waals surface area contributed by atoms with E-state index >= 15 is 0 Å². The smallest absolute Gasteiger partial charge is 0.254 e. The Morgan fingerprint density at radius 2 is 1.82 bits per heavy atom. The molecule has 0 aliphatic carbocycles. The van der Waals surface area contributed by atoms with Crippen molar-refractivity contribution in [3.63, 3.8) is 0 Å². The zero-order chi connectivity index (χ0) is 20.4. The summed E-state index contributed by atoms with van der Waals surface area (Å²) in [5.74, 6) is 0.0214. The van der Waals surface area contributed by atoms with Crippen LogP contribution in [0, 0.1) is 26.6 Å². The number of nitrogens with zero attached hydrogens (tertiary/aromatic N) is 5. The third kappa shape index (κ3) is 3.85. The molecular weight excluding hydrogens is 359 g/mol. The number of amides is 1. The van der Waals surface area contributed by atoms with Crippen LogP contribution in [0.5, 0.6) is 0 Å². The summed E-state index contributed by atoms with van der Waals surface area (Å²) in [6, 6.07) is 6.13. The van der Waals surface area contributed by atoms with E-state index in [-0.39, 0.29) is 11.7 Å². The molecule has 1 amide bonds. The molecule has 0 unspecified atom stereocenters. The summed E-state index contributed by atoms with van der Waals surface area (Å²) < 4.78 is 14.9. The summed E-state index contributed by atoms with van der Waals surface area (Å²) >= 11 is 0. The number of aryl methyl sites for hydroxylation is 2. The van der Waals surface area contributed by atoms with Crippen LogP contribution in [0.15, 0.2) is 30.5 Å². The van der Waals surface area contributed by atoms with Crippen LogP contribution < -0.4 is 10.2 Å². The molecule has 7 nitrogen and oxygen atoms in total. The van der Waals surface area contributed by atoms with Crippen LogP contribution in [0.25, 0.3) is 5.69 Å². The molecular formula is C20H23FN6O. The second kappa shape index (κ2) is 7.75. The maximum absolute atomic E-state index is 13.2. The first-order chi connectivity index (χ1) is 13.3. The lowest BCUT2D eigenvalue weighted by atomic mass is 10.1. The average Bonchev–Trinajstić information content (AvgIpc) is 2.94. The summed E-state index contributed by atoms with van der Waals surface area (Å²) in [5, 5.41) is 7.44. The molecule has 3 rings (SSSR count). The molecule has 0 radical (unpaired) electrons. The molecule has 0 atom stereocenters. The number of anilines is 1. The minimum atomic E-state index is -0.296. The van der Waals surface area contributed by atoms with Crippen LogP contribution in [0.4, 0.5) is 10.3 Å². The van der Waals surface area contributed by atoms with Gasteiger partial charge < -0.3 is 10.2 Å². The van der Waals surface area contributed by atoms with Crippen LogP contribution in [0.2, 0.25) is 0 Å². The number of hydrogen-bond acceptors (Lipinski definition) is 5. The normalized spacial score (nSPS) is 10.8. The van der Waals surface area contributed by atoms with E-state index in [2.05, 4.69) is 20.4 Å². The van der Waals surface area contributed by atoms with Gasteiger partial charge in [0.15, 0.2) is 0 Å². The Morgan fingerprint density at radius 1 is 1.14 bits per heavy atom. The van der Waals surface area contributed by atoms with Gasteiger partial charge in [0, 0.05) is 38.1 Å². The van der Waals surface area contributed by atoms with Crippen molar-refractivity contribution in [1.29, 1.82) is 0 Å². The third-order valence-corrected chi connectivity index (χ3v) is 4.55. The highest BCUT2D eigenvalue weighted by molar-refractivity contribution is 5.95. The number of rotatable bonds is 5. The Kier molecular flexibility index (Phi) is 5.39. The van der Waals surface area contributed by atoms with Crippen molar-refractivity contribution in [3.05, 3.63) is 64.5 Å². The van der Waals surface area contributed by atoms with Gasteiger partial charge in [-0.3, -0.25) is 4.79 Å². The van der Waals surface area contributed by atoms with Gasteiger partial charge in [-0.05, 0) is 45.0 Å². The lowest BCUT2D eigenvalue weighted by Gasteiger charge is -2.12. The van der Waals surface area contributed by atoms with E-state index in [1.165, 1.54) is 18.3 Å². The lowest BCUT2D eigenvalue weighted by molar-refractivity contribution is 0.0949. The van der Waals surface area contributed by atoms with Crippen molar-refractivity contribution in [2.45, 2.75) is 27.3 Å². The number of halogens is 1. The largest absolute Gasteiger partial charge is 0.348 e. The molecule has 0 aliphatic heterocycles. The summed E-state index contributed by atoms with van der Waals surface area (Å²) in [5.41, 5.74) is 4.43. The van der Waals surface area contributed by atoms with Gasteiger partial charge in [-0.15, -0.1) is 0 Å². The summed E-state index contributed by atoms with van der Waals surface area (Å²) in [4.78, 5) is 22.9. The summed E-state index contributed by atoms with van der Waals surface area (Å²) in [6.45, 7) is 5.92. The minimum absolute atomic E-state index is 0.240. The highest BCUT2D eigenvalue weighted by Crippen LogP contribution is 2.18. The van der Waals surface area contributed by atoms with Crippen molar-refractivity contribution in [3.8, 4) is 5.69 Å². The first kappa shape index (κ1) is 19.5. The molecule has 0 fully saturated rings. The summed E-state index contributed by atoms with van der Waals surface area (Å²) in [7, 11) is 3.69. The average molecular weight is 382 g/mol. The molecule has 0 aliphatic rings. The van der Waals surface area contributed by atoms with Crippen molar-refractivity contribution >= 4 is 11.9 Å². The van der Waals surface area contributed by atoms with E-state index in [0.29, 0.717) is 23.8 Å². The zero-order valence-electron chi connectivity index (χ0n) is 16.6. The highest BCUT2D eigenvalue weighted by Gasteiger charge is 2.16. The van der Waals surface area contributed by atoms with Gasteiger partial charge >= 0.3 is 0 Å². The maximum Gasteiger partial charge on any atom is 0.254 e. The second-order valence-electron chi connectivity index (χ2n) is 6.78. The van der Waals surface area contributed by atoms with Gasteiger partial charge in [-0.25, -0.2) is 19.0 Å². The van der Waals surface area contributed by atoms with Crippen molar-refractivity contribution in [1.82, 2.24) is 25.1 Å². The van der Waals surface area contributed by atoms with Gasteiger partial charge in [0.1, 0.15) is 5.82 Å². The molecule has 1 N–H and O–H groups in total. The van der Waals surface area contributed by atoms with E-state index in [0.717, 1.165) is 22.6 Å². The molecule has 0 saturated heterocycles. The van der Waals surface area contributed by atoms with Crippen molar-refractivity contribution in [2.75, 3.05) is 19.0 Å². The molecule has 0 bridgehead atoms. The van der Waals surface area contributed by atoms with Gasteiger partial charge in [0.2, 0.25) is 5.95 Å². The van der Waals surface area contributed by atoms with Gasteiger partial charge in [0.05, 0.1) is 22.6 Å². The molecule has 0 spiro atoms. The van der Waals surface area contributed by atoms with E-state index in [1.807, 2.05) is 27.9 Å². The third-order valence-electron chi connectivity index (χ3n) is 4.55. The number of aromatic nitrogens is 4. The molecule has 8 heteroatoms. The Labute approximate surface area is 163 Å². The predicted molar refractivity (Wildman–Crippen MR) is 105 cm³/mol. The molecule has 2 heterocycles. The number of carbonyl (C=O) groups excluding carboxylic acids is 1. The van der Waals surface area contributed by atoms with Gasteiger partial charge in [0.25, 0.3) is 5.91 Å². The topological polar surface area (TPSA) is 75.9 Å². The van der Waals surface area contributed by atoms with Crippen molar-refractivity contribution < 1.29 is 9.18 Å². The first-order valence-electron chi connectivity index (χ1n) is 8.88.